The van der Waals surface area contributed by atoms with E-state index >= 15 is 0 Å². The van der Waals surface area contributed by atoms with Gasteiger partial charge in [-0.25, -0.2) is 0 Å². The van der Waals surface area contributed by atoms with Crippen LogP contribution in [0.15, 0.2) is 24.3 Å². The Morgan fingerprint density at radius 3 is 2.83 bits per heavy atom. The zero-order valence-corrected chi connectivity index (χ0v) is 10.5. The number of rotatable bonds is 6. The molecular formula is C14H19NO3. The highest BCUT2D eigenvalue weighted by molar-refractivity contribution is 5.64. The van der Waals surface area contributed by atoms with Crippen LogP contribution in [0.4, 0.5) is 0 Å². The lowest BCUT2D eigenvalue weighted by atomic mass is 10.2. The third kappa shape index (κ3) is 4.04. The van der Waals surface area contributed by atoms with Crippen LogP contribution in [-0.2, 0) is 11.3 Å². The summed E-state index contributed by atoms with van der Waals surface area (Å²) < 4.78 is 5.39. The fourth-order valence-corrected chi connectivity index (χ4v) is 2.34. The van der Waals surface area contributed by atoms with Crippen LogP contribution in [0.3, 0.4) is 0 Å². The first kappa shape index (κ1) is 12.9. The van der Waals surface area contributed by atoms with Gasteiger partial charge in [-0.15, -0.1) is 0 Å². The second kappa shape index (κ2) is 6.40. The van der Waals surface area contributed by atoms with Crippen LogP contribution < -0.4 is 14.7 Å². The molecule has 1 N–H and O–H groups in total. The number of carboxylic acids is 1. The Labute approximate surface area is 107 Å². The Morgan fingerprint density at radius 2 is 2.11 bits per heavy atom. The quantitative estimate of drug-likeness (QED) is 0.731. The SMILES string of the molecule is O=C([O-])CCOc1cccc(C[NH+]2CCCC2)c1. The molecule has 0 amide bonds. The van der Waals surface area contributed by atoms with Gasteiger partial charge >= 0.3 is 0 Å². The Morgan fingerprint density at radius 1 is 1.33 bits per heavy atom. The highest BCUT2D eigenvalue weighted by Crippen LogP contribution is 2.13. The summed E-state index contributed by atoms with van der Waals surface area (Å²) in [6, 6.07) is 7.91. The predicted octanol–water partition coefficient (Wildman–Crippen LogP) is -0.616. The highest BCUT2D eigenvalue weighted by Gasteiger charge is 2.15. The largest absolute Gasteiger partial charge is 0.550 e. The average Bonchev–Trinajstić information content (AvgIpc) is 2.82. The number of likely N-dealkylation sites (tertiary alicyclic amines) is 1. The third-order valence-corrected chi connectivity index (χ3v) is 3.24. The molecule has 0 saturated carbocycles. The molecule has 0 unspecified atom stereocenters. The van der Waals surface area contributed by atoms with E-state index in [1.54, 1.807) is 4.90 Å². The normalized spacial score (nSPS) is 15.8. The monoisotopic (exact) mass is 249 g/mol. The van der Waals surface area contributed by atoms with Gasteiger partial charge < -0.3 is 19.5 Å². The summed E-state index contributed by atoms with van der Waals surface area (Å²) in [5.41, 5.74) is 1.25. The van der Waals surface area contributed by atoms with Crippen molar-refractivity contribution in [2.75, 3.05) is 19.7 Å². The first-order valence-electron chi connectivity index (χ1n) is 6.49. The van der Waals surface area contributed by atoms with E-state index in [-0.39, 0.29) is 13.0 Å². The maximum atomic E-state index is 10.3. The number of ether oxygens (including phenoxy) is 1. The molecule has 0 aromatic heterocycles. The average molecular weight is 249 g/mol. The van der Waals surface area contributed by atoms with Crippen LogP contribution in [0, 0.1) is 0 Å². The first-order valence-corrected chi connectivity index (χ1v) is 6.49. The van der Waals surface area contributed by atoms with Gasteiger partial charge in [0.15, 0.2) is 0 Å². The Kier molecular flexibility index (Phi) is 4.59. The van der Waals surface area contributed by atoms with Gasteiger partial charge in [-0.2, -0.15) is 0 Å². The van der Waals surface area contributed by atoms with E-state index in [4.69, 9.17) is 4.74 Å². The smallest absolute Gasteiger partial charge is 0.119 e. The van der Waals surface area contributed by atoms with Gasteiger partial charge in [-0.05, 0) is 12.1 Å². The van der Waals surface area contributed by atoms with Gasteiger partial charge in [0.2, 0.25) is 0 Å². The number of carbonyl (C=O) groups excluding carboxylic acids is 1. The molecule has 98 valence electrons. The number of carbonyl (C=O) groups is 1. The van der Waals surface area contributed by atoms with E-state index in [9.17, 15) is 9.90 Å². The lowest BCUT2D eigenvalue weighted by Crippen LogP contribution is -3.08. The van der Waals surface area contributed by atoms with Crippen LogP contribution in [0.5, 0.6) is 5.75 Å². The number of hydrogen-bond acceptors (Lipinski definition) is 3. The maximum absolute atomic E-state index is 10.3. The summed E-state index contributed by atoms with van der Waals surface area (Å²) in [6.45, 7) is 3.69. The molecule has 1 heterocycles. The van der Waals surface area contributed by atoms with Crippen molar-refractivity contribution < 1.29 is 19.5 Å². The van der Waals surface area contributed by atoms with Crippen molar-refractivity contribution >= 4 is 5.97 Å². The van der Waals surface area contributed by atoms with E-state index in [2.05, 4.69) is 6.07 Å². The summed E-state index contributed by atoms with van der Waals surface area (Å²) in [6.07, 6.45) is 2.57. The molecule has 1 aliphatic rings. The molecule has 1 fully saturated rings. The molecule has 0 spiro atoms. The fourth-order valence-electron chi connectivity index (χ4n) is 2.34. The van der Waals surface area contributed by atoms with Crippen molar-refractivity contribution in [2.45, 2.75) is 25.8 Å². The zero-order chi connectivity index (χ0) is 12.8. The number of benzene rings is 1. The fraction of sp³-hybridized carbons (Fsp3) is 0.500. The van der Waals surface area contributed by atoms with Crippen molar-refractivity contribution in [2.24, 2.45) is 0 Å². The molecule has 2 rings (SSSR count). The van der Waals surface area contributed by atoms with Gasteiger partial charge in [0, 0.05) is 30.8 Å². The van der Waals surface area contributed by atoms with Gasteiger partial charge in [0.05, 0.1) is 19.7 Å². The number of carboxylic acid groups (broad SMARTS) is 1. The van der Waals surface area contributed by atoms with Crippen molar-refractivity contribution in [3.63, 3.8) is 0 Å². The number of nitrogens with one attached hydrogen (secondary N) is 1. The predicted molar refractivity (Wildman–Crippen MR) is 65.2 cm³/mol. The van der Waals surface area contributed by atoms with Crippen molar-refractivity contribution in [1.82, 2.24) is 0 Å². The molecule has 1 aromatic rings. The van der Waals surface area contributed by atoms with Crippen LogP contribution in [0.2, 0.25) is 0 Å². The van der Waals surface area contributed by atoms with Crippen LogP contribution >= 0.6 is 0 Å². The van der Waals surface area contributed by atoms with Gasteiger partial charge in [-0.1, -0.05) is 12.1 Å². The van der Waals surface area contributed by atoms with E-state index in [0.717, 1.165) is 12.3 Å². The first-order chi connectivity index (χ1) is 8.74. The second-order valence-corrected chi connectivity index (χ2v) is 4.75. The lowest BCUT2D eigenvalue weighted by Gasteiger charge is -2.13. The van der Waals surface area contributed by atoms with E-state index < -0.39 is 5.97 Å². The third-order valence-electron chi connectivity index (χ3n) is 3.24. The van der Waals surface area contributed by atoms with E-state index in [1.807, 2.05) is 18.2 Å². The van der Waals surface area contributed by atoms with E-state index in [0.29, 0.717) is 0 Å². The Balaban J connectivity index is 1.86. The van der Waals surface area contributed by atoms with Crippen molar-refractivity contribution in [3.8, 4) is 5.75 Å². The molecule has 1 aromatic carbocycles. The molecule has 18 heavy (non-hydrogen) atoms. The van der Waals surface area contributed by atoms with Gasteiger partial charge in [-0.3, -0.25) is 0 Å². The molecule has 1 saturated heterocycles. The second-order valence-electron chi connectivity index (χ2n) is 4.75. The van der Waals surface area contributed by atoms with Crippen molar-refractivity contribution in [1.29, 1.82) is 0 Å². The lowest BCUT2D eigenvalue weighted by molar-refractivity contribution is -0.901. The molecule has 0 aliphatic carbocycles. The maximum Gasteiger partial charge on any atom is 0.119 e. The minimum atomic E-state index is -1.08. The van der Waals surface area contributed by atoms with Crippen LogP contribution in [-0.4, -0.2) is 25.7 Å². The molecule has 4 heteroatoms. The van der Waals surface area contributed by atoms with E-state index in [1.165, 1.54) is 31.5 Å². The summed E-state index contributed by atoms with van der Waals surface area (Å²) in [5, 5.41) is 10.3. The molecular weight excluding hydrogens is 230 g/mol. The molecule has 0 bridgehead atoms. The number of hydrogen-bond donors (Lipinski definition) is 1. The minimum absolute atomic E-state index is 0.0679. The van der Waals surface area contributed by atoms with Crippen LogP contribution in [0.25, 0.3) is 0 Å². The minimum Gasteiger partial charge on any atom is -0.550 e. The standard InChI is InChI=1S/C14H19NO3/c16-14(17)6-9-18-13-5-3-4-12(10-13)11-15-7-1-2-8-15/h3-5,10H,1-2,6-9,11H2,(H,16,17). The summed E-state index contributed by atoms with van der Waals surface area (Å²) in [5.74, 6) is -0.333. The zero-order valence-electron chi connectivity index (χ0n) is 10.5. The molecule has 0 atom stereocenters. The van der Waals surface area contributed by atoms with Crippen molar-refractivity contribution in [3.05, 3.63) is 29.8 Å². The summed E-state index contributed by atoms with van der Waals surface area (Å²) in [7, 11) is 0. The Bertz CT molecular complexity index is 400. The number of aliphatic carboxylic acids is 1. The Hall–Kier alpha value is -1.55. The summed E-state index contributed by atoms with van der Waals surface area (Å²) in [4.78, 5) is 11.9. The topological polar surface area (TPSA) is 53.8 Å². The van der Waals surface area contributed by atoms with Gasteiger partial charge in [0.25, 0.3) is 0 Å². The molecule has 0 radical (unpaired) electrons. The highest BCUT2D eigenvalue weighted by atomic mass is 16.5. The summed E-state index contributed by atoms with van der Waals surface area (Å²) >= 11 is 0. The van der Waals surface area contributed by atoms with Crippen LogP contribution in [0.1, 0.15) is 24.8 Å². The van der Waals surface area contributed by atoms with Gasteiger partial charge in [0.1, 0.15) is 12.3 Å². The number of quaternary nitrogens is 1. The molecule has 1 aliphatic heterocycles. The molecule has 4 nitrogen and oxygen atoms in total.